The zero-order valence-electron chi connectivity index (χ0n) is 16.4. The van der Waals surface area contributed by atoms with Gasteiger partial charge in [0.15, 0.2) is 11.7 Å². The minimum absolute atomic E-state index is 0.179. The minimum atomic E-state index is -0.235. The van der Waals surface area contributed by atoms with Gasteiger partial charge >= 0.3 is 0 Å². The maximum absolute atomic E-state index is 13.0. The number of fused-ring (bicyclic) bond motifs is 4. The SMILES string of the molecule is CCN(CC)c1ccc2nc3c4ccccc4c(=O)c(C=O)c-3n(CC)c2c1. The van der Waals surface area contributed by atoms with Crippen molar-refractivity contribution in [3.05, 3.63) is 58.3 Å². The lowest BCUT2D eigenvalue weighted by Gasteiger charge is -2.24. The van der Waals surface area contributed by atoms with Gasteiger partial charge in [0.1, 0.15) is 0 Å². The van der Waals surface area contributed by atoms with E-state index in [0.717, 1.165) is 35.2 Å². The molecule has 0 amide bonds. The van der Waals surface area contributed by atoms with Crippen LogP contribution < -0.4 is 10.3 Å². The van der Waals surface area contributed by atoms with Crippen LogP contribution in [0.4, 0.5) is 5.69 Å². The quantitative estimate of drug-likeness (QED) is 0.297. The van der Waals surface area contributed by atoms with Crippen molar-refractivity contribution >= 4 is 33.8 Å². The third-order valence-electron chi connectivity index (χ3n) is 5.47. The Bertz CT molecular complexity index is 1220. The molecular formula is C23H23N3O2. The van der Waals surface area contributed by atoms with Gasteiger partial charge in [-0.05, 0) is 39.0 Å². The van der Waals surface area contributed by atoms with Crippen molar-refractivity contribution in [3.63, 3.8) is 0 Å². The van der Waals surface area contributed by atoms with E-state index in [2.05, 4.69) is 30.9 Å². The molecule has 0 saturated heterocycles. The molecule has 2 aliphatic rings. The van der Waals surface area contributed by atoms with Crippen molar-refractivity contribution in [2.45, 2.75) is 27.3 Å². The van der Waals surface area contributed by atoms with E-state index in [1.807, 2.05) is 35.8 Å². The molecule has 1 heterocycles. The summed E-state index contributed by atoms with van der Waals surface area (Å²) in [5, 5.41) is 1.32. The molecule has 0 spiro atoms. The molecule has 28 heavy (non-hydrogen) atoms. The molecule has 2 aromatic rings. The Kier molecular flexibility index (Phi) is 4.59. The van der Waals surface area contributed by atoms with Gasteiger partial charge in [0.25, 0.3) is 0 Å². The van der Waals surface area contributed by atoms with E-state index in [0.29, 0.717) is 29.6 Å². The first kappa shape index (κ1) is 18.2. The Hall–Kier alpha value is -3.21. The molecule has 142 valence electrons. The number of aryl methyl sites for hydroxylation is 1. The summed E-state index contributed by atoms with van der Waals surface area (Å²) >= 11 is 0. The number of aromatic nitrogens is 2. The third-order valence-corrected chi connectivity index (χ3v) is 5.47. The normalized spacial score (nSPS) is 11.4. The highest BCUT2D eigenvalue weighted by Crippen LogP contribution is 2.33. The van der Waals surface area contributed by atoms with E-state index in [9.17, 15) is 9.59 Å². The monoisotopic (exact) mass is 373 g/mol. The fourth-order valence-electron chi connectivity index (χ4n) is 4.07. The van der Waals surface area contributed by atoms with Gasteiger partial charge in [-0.25, -0.2) is 4.98 Å². The smallest absolute Gasteiger partial charge is 0.199 e. The molecule has 0 aromatic heterocycles. The molecule has 1 aliphatic heterocycles. The van der Waals surface area contributed by atoms with Crippen molar-refractivity contribution in [1.29, 1.82) is 0 Å². The number of carbonyl (C=O) groups excluding carboxylic acids is 1. The number of nitrogens with zero attached hydrogens (tertiary/aromatic N) is 3. The van der Waals surface area contributed by atoms with Crippen LogP contribution in [0.15, 0.2) is 47.3 Å². The molecule has 0 fully saturated rings. The second-order valence-corrected chi connectivity index (χ2v) is 6.80. The topological polar surface area (TPSA) is 55.2 Å². The summed E-state index contributed by atoms with van der Waals surface area (Å²) in [6.07, 6.45) is 0.672. The van der Waals surface area contributed by atoms with Crippen molar-refractivity contribution < 1.29 is 4.79 Å². The highest BCUT2D eigenvalue weighted by Gasteiger charge is 2.23. The van der Waals surface area contributed by atoms with Crippen LogP contribution in [0.2, 0.25) is 0 Å². The van der Waals surface area contributed by atoms with Crippen LogP contribution in [0, 0.1) is 0 Å². The summed E-state index contributed by atoms with van der Waals surface area (Å²) in [6, 6.07) is 13.6. The van der Waals surface area contributed by atoms with Gasteiger partial charge in [0, 0.05) is 36.1 Å². The summed E-state index contributed by atoms with van der Waals surface area (Å²) in [5.74, 6) is 0. The number of aldehydes is 1. The van der Waals surface area contributed by atoms with E-state index < -0.39 is 0 Å². The summed E-state index contributed by atoms with van der Waals surface area (Å²) in [7, 11) is 0. The van der Waals surface area contributed by atoms with Crippen molar-refractivity contribution in [2.24, 2.45) is 0 Å². The molecular weight excluding hydrogens is 350 g/mol. The fraction of sp³-hybridized carbons (Fsp3) is 0.261. The van der Waals surface area contributed by atoms with E-state index in [4.69, 9.17) is 4.98 Å². The molecule has 0 saturated carbocycles. The number of hydrogen-bond acceptors (Lipinski definition) is 4. The second kappa shape index (κ2) is 7.08. The van der Waals surface area contributed by atoms with Crippen molar-refractivity contribution in [2.75, 3.05) is 18.0 Å². The van der Waals surface area contributed by atoms with Gasteiger partial charge in [-0.2, -0.15) is 0 Å². The van der Waals surface area contributed by atoms with Crippen LogP contribution in [-0.4, -0.2) is 28.9 Å². The van der Waals surface area contributed by atoms with Crippen LogP contribution in [0.1, 0.15) is 31.1 Å². The lowest BCUT2D eigenvalue weighted by Crippen LogP contribution is -2.22. The highest BCUT2D eigenvalue weighted by atomic mass is 16.1. The average Bonchev–Trinajstić information content (AvgIpc) is 2.74. The molecule has 0 bridgehead atoms. The Morgan fingerprint density at radius 1 is 1.04 bits per heavy atom. The van der Waals surface area contributed by atoms with Gasteiger partial charge in [-0.3, -0.25) is 9.59 Å². The molecule has 0 unspecified atom stereocenters. The van der Waals surface area contributed by atoms with Gasteiger partial charge < -0.3 is 9.47 Å². The predicted octanol–water partition coefficient (Wildman–Crippen LogP) is 4.33. The van der Waals surface area contributed by atoms with Crippen LogP contribution in [-0.2, 0) is 6.54 Å². The summed E-state index contributed by atoms with van der Waals surface area (Å²) < 4.78 is 2.04. The molecule has 0 radical (unpaired) electrons. The summed E-state index contributed by atoms with van der Waals surface area (Å²) in [4.78, 5) is 32.0. The Morgan fingerprint density at radius 3 is 2.39 bits per heavy atom. The molecule has 5 nitrogen and oxygen atoms in total. The highest BCUT2D eigenvalue weighted by molar-refractivity contribution is 6.04. The summed E-state index contributed by atoms with van der Waals surface area (Å²) in [6.45, 7) is 8.72. The van der Waals surface area contributed by atoms with E-state index >= 15 is 0 Å². The number of hydrogen-bond donors (Lipinski definition) is 0. The first-order valence-corrected chi connectivity index (χ1v) is 9.73. The standard InChI is InChI=1S/C23H23N3O2/c1-4-25(5-2)15-11-12-19-20(13-15)26(6-3)22-18(14-27)23(28)17-10-8-7-9-16(17)21(22)24-19/h7-14H,4-6H2,1-3H3. The van der Waals surface area contributed by atoms with Crippen LogP contribution in [0.3, 0.4) is 0 Å². The minimum Gasteiger partial charge on any atom is -0.372 e. The van der Waals surface area contributed by atoms with Gasteiger partial charge in [0.05, 0.1) is 28.0 Å². The first-order chi connectivity index (χ1) is 13.6. The number of benzene rings is 3. The van der Waals surface area contributed by atoms with Gasteiger partial charge in [-0.1, -0.05) is 24.3 Å². The van der Waals surface area contributed by atoms with Gasteiger partial charge in [0.2, 0.25) is 0 Å². The molecule has 0 N–H and O–H groups in total. The lowest BCUT2D eigenvalue weighted by atomic mass is 9.98. The van der Waals surface area contributed by atoms with E-state index in [1.165, 1.54) is 0 Å². The van der Waals surface area contributed by atoms with Crippen molar-refractivity contribution in [1.82, 2.24) is 9.55 Å². The molecule has 5 heteroatoms. The molecule has 1 aliphatic carbocycles. The number of carbonyl (C=O) groups is 1. The van der Waals surface area contributed by atoms with Crippen LogP contribution in [0.5, 0.6) is 0 Å². The molecule has 0 atom stereocenters. The molecule has 2 aromatic carbocycles. The average molecular weight is 373 g/mol. The Balaban J connectivity index is 2.21. The first-order valence-electron chi connectivity index (χ1n) is 9.73. The van der Waals surface area contributed by atoms with Crippen molar-refractivity contribution in [3.8, 4) is 11.4 Å². The van der Waals surface area contributed by atoms with Crippen LogP contribution >= 0.6 is 0 Å². The maximum Gasteiger partial charge on any atom is 0.199 e. The van der Waals surface area contributed by atoms with Crippen LogP contribution in [0.25, 0.3) is 33.2 Å². The zero-order chi connectivity index (χ0) is 19.8. The lowest BCUT2D eigenvalue weighted by molar-refractivity contribution is 0.112. The third kappa shape index (κ3) is 2.58. The molecule has 4 rings (SSSR count). The Morgan fingerprint density at radius 2 is 1.75 bits per heavy atom. The Labute approximate surface area is 163 Å². The number of rotatable bonds is 5. The largest absolute Gasteiger partial charge is 0.372 e. The zero-order valence-corrected chi connectivity index (χ0v) is 16.4. The van der Waals surface area contributed by atoms with E-state index in [1.54, 1.807) is 6.07 Å². The maximum atomic E-state index is 13.0. The predicted molar refractivity (Wildman–Crippen MR) is 115 cm³/mol. The second-order valence-electron chi connectivity index (χ2n) is 6.80. The summed E-state index contributed by atoms with van der Waals surface area (Å²) in [5.41, 5.74) is 4.15. The number of anilines is 1. The van der Waals surface area contributed by atoms with E-state index in [-0.39, 0.29) is 11.0 Å². The fourth-order valence-corrected chi connectivity index (χ4v) is 4.07. The van der Waals surface area contributed by atoms with Gasteiger partial charge in [-0.15, -0.1) is 0 Å².